The molecule has 1 N–H and O–H groups in total. The molecule has 0 aliphatic carbocycles. The van der Waals surface area contributed by atoms with E-state index in [1.165, 1.54) is 0 Å². The molecule has 1 aromatic rings. The molecule has 0 aliphatic rings. The van der Waals surface area contributed by atoms with Gasteiger partial charge in [0.2, 0.25) is 10.0 Å². The van der Waals surface area contributed by atoms with Gasteiger partial charge >= 0.3 is 0 Å². The first-order valence-corrected chi connectivity index (χ1v) is 8.02. The first-order chi connectivity index (χ1) is 8.24. The lowest BCUT2D eigenvalue weighted by atomic mass is 10.1. The highest BCUT2D eigenvalue weighted by atomic mass is 35.5. The Bertz CT molecular complexity index is 525. The Morgan fingerprint density at radius 1 is 1.17 bits per heavy atom. The van der Waals surface area contributed by atoms with Gasteiger partial charge < -0.3 is 0 Å². The molecule has 0 atom stereocenters. The van der Waals surface area contributed by atoms with Crippen LogP contribution in [0.5, 0.6) is 0 Å². The lowest BCUT2D eigenvalue weighted by Crippen LogP contribution is -2.49. The number of benzene rings is 1. The van der Waals surface area contributed by atoms with Crippen LogP contribution in [0.1, 0.15) is 18.1 Å². The maximum Gasteiger partial charge on any atom is 0.241 e. The normalized spacial score (nSPS) is 12.7. The fraction of sp³-hybridized carbons (Fsp3) is 0.500. The van der Waals surface area contributed by atoms with Gasteiger partial charge in [0, 0.05) is 11.8 Å². The van der Waals surface area contributed by atoms with Crippen molar-refractivity contribution in [2.24, 2.45) is 0 Å². The van der Waals surface area contributed by atoms with Crippen LogP contribution in [-0.4, -0.2) is 25.7 Å². The van der Waals surface area contributed by atoms with Crippen molar-refractivity contribution in [3.63, 3.8) is 0 Å². The number of nitrogens with one attached hydrogen (secondary N) is 1. The summed E-state index contributed by atoms with van der Waals surface area (Å²) in [6, 6.07) is 5.00. The van der Waals surface area contributed by atoms with Gasteiger partial charge in [0.15, 0.2) is 0 Å². The summed E-state index contributed by atoms with van der Waals surface area (Å²) < 4.78 is 26.9. The number of sulfonamides is 1. The van der Waals surface area contributed by atoms with Crippen LogP contribution in [0.4, 0.5) is 0 Å². The lowest BCUT2D eigenvalue weighted by Gasteiger charge is -2.25. The third kappa shape index (κ3) is 3.60. The van der Waals surface area contributed by atoms with E-state index in [2.05, 4.69) is 4.72 Å². The van der Waals surface area contributed by atoms with Crippen LogP contribution in [0.3, 0.4) is 0 Å². The van der Waals surface area contributed by atoms with Crippen LogP contribution < -0.4 is 4.72 Å². The molecule has 1 rings (SSSR count). The van der Waals surface area contributed by atoms with Gasteiger partial charge in [-0.05, 0) is 44.0 Å². The highest BCUT2D eigenvalue weighted by Crippen LogP contribution is 2.18. The maximum absolute atomic E-state index is 12.2. The van der Waals surface area contributed by atoms with E-state index in [1.807, 2.05) is 13.8 Å². The molecule has 0 saturated heterocycles. The minimum atomic E-state index is -3.60. The predicted octanol–water partition coefficient (Wildman–Crippen LogP) is 2.82. The molecule has 3 nitrogen and oxygen atoms in total. The third-order valence-electron chi connectivity index (χ3n) is 2.76. The molecule has 6 heteroatoms. The SMILES string of the molecule is Cc1ccc(S(=O)(=O)NC(C)(CCl)CCl)cc1C. The van der Waals surface area contributed by atoms with E-state index in [-0.39, 0.29) is 16.7 Å². The molecule has 102 valence electrons. The Morgan fingerprint density at radius 2 is 1.72 bits per heavy atom. The molecule has 0 saturated carbocycles. The van der Waals surface area contributed by atoms with Crippen LogP contribution in [0.25, 0.3) is 0 Å². The van der Waals surface area contributed by atoms with Crippen molar-refractivity contribution in [3.8, 4) is 0 Å². The van der Waals surface area contributed by atoms with Crippen molar-refractivity contribution in [3.05, 3.63) is 29.3 Å². The number of halogens is 2. The standard InChI is InChI=1S/C12H17Cl2NO2S/c1-9-4-5-11(6-10(9)2)18(16,17)15-12(3,7-13)8-14/h4-6,15H,7-8H2,1-3H3. The van der Waals surface area contributed by atoms with E-state index in [0.29, 0.717) is 0 Å². The van der Waals surface area contributed by atoms with E-state index in [0.717, 1.165) is 11.1 Å². The van der Waals surface area contributed by atoms with Crippen LogP contribution >= 0.6 is 23.2 Å². The summed E-state index contributed by atoms with van der Waals surface area (Å²) >= 11 is 11.5. The van der Waals surface area contributed by atoms with Gasteiger partial charge in [-0.25, -0.2) is 13.1 Å². The molecule has 0 bridgehead atoms. The van der Waals surface area contributed by atoms with Crippen LogP contribution in [0, 0.1) is 13.8 Å². The third-order valence-corrected chi connectivity index (χ3v) is 5.58. The van der Waals surface area contributed by atoms with Gasteiger partial charge in [-0.3, -0.25) is 0 Å². The largest absolute Gasteiger partial charge is 0.241 e. The summed E-state index contributed by atoms with van der Waals surface area (Å²) in [6.45, 7) is 5.48. The number of hydrogen-bond donors (Lipinski definition) is 1. The summed E-state index contributed by atoms with van der Waals surface area (Å²) in [7, 11) is -3.60. The van der Waals surface area contributed by atoms with Crippen LogP contribution in [-0.2, 0) is 10.0 Å². The highest BCUT2D eigenvalue weighted by Gasteiger charge is 2.29. The zero-order valence-corrected chi connectivity index (χ0v) is 13.0. The monoisotopic (exact) mass is 309 g/mol. The first-order valence-electron chi connectivity index (χ1n) is 5.47. The first kappa shape index (κ1) is 15.8. The van der Waals surface area contributed by atoms with E-state index in [4.69, 9.17) is 23.2 Å². The summed E-state index contributed by atoms with van der Waals surface area (Å²) in [5.41, 5.74) is 1.13. The van der Waals surface area contributed by atoms with E-state index in [9.17, 15) is 8.42 Å². The van der Waals surface area contributed by atoms with Gasteiger partial charge in [0.05, 0.1) is 10.4 Å². The quantitative estimate of drug-likeness (QED) is 0.850. The molecule has 0 radical (unpaired) electrons. The van der Waals surface area contributed by atoms with E-state index < -0.39 is 15.6 Å². The molecular formula is C12H17Cl2NO2S. The minimum absolute atomic E-state index is 0.112. The van der Waals surface area contributed by atoms with Crippen molar-refractivity contribution in [2.75, 3.05) is 11.8 Å². The summed E-state index contributed by atoms with van der Waals surface area (Å²) in [4.78, 5) is 0.229. The fourth-order valence-electron chi connectivity index (χ4n) is 1.35. The summed E-state index contributed by atoms with van der Waals surface area (Å²) in [5.74, 6) is 0.223. The minimum Gasteiger partial charge on any atom is -0.207 e. The van der Waals surface area contributed by atoms with Gasteiger partial charge in [-0.1, -0.05) is 6.07 Å². The number of alkyl halides is 2. The topological polar surface area (TPSA) is 46.2 Å². The molecule has 0 amide bonds. The Balaban J connectivity index is 3.10. The molecule has 0 aliphatic heterocycles. The maximum atomic E-state index is 12.2. The Kier molecular flexibility index (Phi) is 5.06. The van der Waals surface area contributed by atoms with Gasteiger partial charge in [0.25, 0.3) is 0 Å². The molecule has 0 aromatic heterocycles. The van der Waals surface area contributed by atoms with Crippen molar-refractivity contribution < 1.29 is 8.42 Å². The Morgan fingerprint density at radius 3 is 2.17 bits per heavy atom. The Labute approximate surface area is 119 Å². The Hall–Kier alpha value is -0.290. The molecule has 18 heavy (non-hydrogen) atoms. The lowest BCUT2D eigenvalue weighted by molar-refractivity contribution is 0.500. The van der Waals surface area contributed by atoms with Gasteiger partial charge in [-0.2, -0.15) is 0 Å². The number of aryl methyl sites for hydroxylation is 2. The summed E-state index contributed by atoms with van der Waals surface area (Å²) in [5, 5.41) is 0. The molecule has 0 spiro atoms. The second-order valence-corrected chi connectivity index (χ2v) is 6.90. The smallest absolute Gasteiger partial charge is 0.207 e. The molecule has 0 heterocycles. The predicted molar refractivity (Wildman–Crippen MR) is 76.1 cm³/mol. The molecular weight excluding hydrogens is 293 g/mol. The van der Waals surface area contributed by atoms with E-state index >= 15 is 0 Å². The van der Waals surface area contributed by atoms with Crippen molar-refractivity contribution >= 4 is 33.2 Å². The number of hydrogen-bond acceptors (Lipinski definition) is 2. The van der Waals surface area contributed by atoms with Crippen LogP contribution in [0.2, 0.25) is 0 Å². The average Bonchev–Trinajstić information content (AvgIpc) is 2.32. The van der Waals surface area contributed by atoms with Gasteiger partial charge in [-0.15, -0.1) is 23.2 Å². The van der Waals surface area contributed by atoms with Crippen LogP contribution in [0.15, 0.2) is 23.1 Å². The molecule has 1 aromatic carbocycles. The second-order valence-electron chi connectivity index (χ2n) is 4.68. The number of rotatable bonds is 5. The molecule has 0 unspecified atom stereocenters. The summed E-state index contributed by atoms with van der Waals surface area (Å²) in [6.07, 6.45) is 0. The molecule has 0 fully saturated rings. The van der Waals surface area contributed by atoms with Crippen molar-refractivity contribution in [2.45, 2.75) is 31.2 Å². The van der Waals surface area contributed by atoms with Crippen molar-refractivity contribution in [1.82, 2.24) is 4.72 Å². The zero-order valence-electron chi connectivity index (χ0n) is 10.6. The van der Waals surface area contributed by atoms with Gasteiger partial charge in [0.1, 0.15) is 0 Å². The zero-order chi connectivity index (χ0) is 14.0. The highest BCUT2D eigenvalue weighted by molar-refractivity contribution is 7.89. The second kappa shape index (κ2) is 5.78. The fourth-order valence-corrected chi connectivity index (χ4v) is 3.42. The van der Waals surface area contributed by atoms with Crippen molar-refractivity contribution in [1.29, 1.82) is 0 Å². The average molecular weight is 310 g/mol. The van der Waals surface area contributed by atoms with E-state index in [1.54, 1.807) is 25.1 Å².